The van der Waals surface area contributed by atoms with E-state index >= 15 is 0 Å². The summed E-state index contributed by atoms with van der Waals surface area (Å²) in [5, 5.41) is 0. The highest BCUT2D eigenvalue weighted by Gasteiger charge is 2.02. The van der Waals surface area contributed by atoms with Crippen LogP contribution in [0.1, 0.15) is 19.8 Å². The molecular formula is C18H21ClO2. The van der Waals surface area contributed by atoms with Crippen LogP contribution in [0.25, 0.3) is 0 Å². The molecule has 0 amide bonds. The van der Waals surface area contributed by atoms with Crippen molar-refractivity contribution in [1.29, 1.82) is 0 Å². The van der Waals surface area contributed by atoms with Crippen molar-refractivity contribution in [2.45, 2.75) is 19.8 Å². The Morgan fingerprint density at radius 2 is 1.48 bits per heavy atom. The zero-order valence-corrected chi connectivity index (χ0v) is 13.1. The Hall–Kier alpha value is -1.67. The standard InChI is InChI=1S/C18H21ClO2/c1-15(11-13-19)12-14-20-16-7-9-18(10-8-16)21-17-5-3-2-4-6-17/h2-10,15H,11-14H2,1H3. The van der Waals surface area contributed by atoms with Crippen molar-refractivity contribution >= 4 is 11.6 Å². The molecule has 0 aliphatic heterocycles. The minimum absolute atomic E-state index is 0.600. The molecule has 112 valence electrons. The predicted octanol–water partition coefficient (Wildman–Crippen LogP) is 5.51. The van der Waals surface area contributed by atoms with Crippen LogP contribution in [0.5, 0.6) is 17.2 Å². The largest absolute Gasteiger partial charge is 0.494 e. The summed E-state index contributed by atoms with van der Waals surface area (Å²) in [5.41, 5.74) is 0. The van der Waals surface area contributed by atoms with E-state index in [4.69, 9.17) is 21.1 Å². The van der Waals surface area contributed by atoms with E-state index in [1.54, 1.807) is 0 Å². The molecule has 0 aliphatic rings. The van der Waals surface area contributed by atoms with Gasteiger partial charge in [-0.2, -0.15) is 0 Å². The topological polar surface area (TPSA) is 18.5 Å². The number of halogens is 1. The number of rotatable bonds is 8. The lowest BCUT2D eigenvalue weighted by molar-refractivity contribution is 0.282. The molecule has 0 bridgehead atoms. The Bertz CT molecular complexity index is 511. The predicted molar refractivity (Wildman–Crippen MR) is 87.6 cm³/mol. The molecule has 0 aromatic heterocycles. The van der Waals surface area contributed by atoms with Gasteiger partial charge in [-0.05, 0) is 55.2 Å². The maximum Gasteiger partial charge on any atom is 0.127 e. The quantitative estimate of drug-likeness (QED) is 0.598. The number of para-hydroxylation sites is 1. The third-order valence-corrected chi connectivity index (χ3v) is 3.50. The lowest BCUT2D eigenvalue weighted by Crippen LogP contribution is -2.04. The summed E-state index contributed by atoms with van der Waals surface area (Å²) in [7, 11) is 0. The molecule has 0 saturated heterocycles. The molecular weight excluding hydrogens is 284 g/mol. The molecule has 0 spiro atoms. The second-order valence-corrected chi connectivity index (χ2v) is 5.48. The SMILES string of the molecule is CC(CCCl)CCOc1ccc(Oc2ccccc2)cc1. The Balaban J connectivity index is 1.79. The molecule has 0 radical (unpaired) electrons. The molecule has 0 heterocycles. The summed E-state index contributed by atoms with van der Waals surface area (Å²) in [6.07, 6.45) is 2.06. The van der Waals surface area contributed by atoms with Crippen molar-refractivity contribution in [2.24, 2.45) is 5.92 Å². The summed E-state index contributed by atoms with van der Waals surface area (Å²) < 4.78 is 11.5. The molecule has 2 aromatic rings. The smallest absolute Gasteiger partial charge is 0.127 e. The maximum atomic E-state index is 5.74. The number of benzene rings is 2. The van der Waals surface area contributed by atoms with Gasteiger partial charge in [0.2, 0.25) is 0 Å². The summed E-state index contributed by atoms with van der Waals surface area (Å²) in [4.78, 5) is 0. The highest BCUT2D eigenvalue weighted by atomic mass is 35.5. The van der Waals surface area contributed by atoms with Crippen LogP contribution < -0.4 is 9.47 Å². The molecule has 1 atom stereocenters. The van der Waals surface area contributed by atoms with Crippen LogP contribution in [0.3, 0.4) is 0 Å². The van der Waals surface area contributed by atoms with Gasteiger partial charge in [-0.25, -0.2) is 0 Å². The van der Waals surface area contributed by atoms with Crippen molar-refractivity contribution in [3.63, 3.8) is 0 Å². The Labute approximate surface area is 131 Å². The third kappa shape index (κ3) is 5.68. The van der Waals surface area contributed by atoms with E-state index in [1.165, 1.54) is 0 Å². The molecule has 2 rings (SSSR count). The zero-order valence-electron chi connectivity index (χ0n) is 12.3. The molecule has 0 saturated carbocycles. The van der Waals surface area contributed by atoms with Crippen molar-refractivity contribution < 1.29 is 9.47 Å². The van der Waals surface area contributed by atoms with Crippen LogP contribution >= 0.6 is 11.6 Å². The van der Waals surface area contributed by atoms with E-state index in [2.05, 4.69) is 6.92 Å². The van der Waals surface area contributed by atoms with Crippen molar-refractivity contribution in [2.75, 3.05) is 12.5 Å². The molecule has 2 nitrogen and oxygen atoms in total. The van der Waals surface area contributed by atoms with Gasteiger partial charge in [-0.15, -0.1) is 11.6 Å². The fourth-order valence-electron chi connectivity index (χ4n) is 1.94. The van der Waals surface area contributed by atoms with E-state index in [9.17, 15) is 0 Å². The molecule has 0 fully saturated rings. The minimum Gasteiger partial charge on any atom is -0.494 e. The highest BCUT2D eigenvalue weighted by molar-refractivity contribution is 6.17. The first kappa shape index (κ1) is 15.7. The Morgan fingerprint density at radius 3 is 2.14 bits per heavy atom. The summed E-state index contributed by atoms with van der Waals surface area (Å²) in [5.74, 6) is 3.83. The van der Waals surface area contributed by atoms with Crippen LogP contribution in [0.4, 0.5) is 0 Å². The monoisotopic (exact) mass is 304 g/mol. The van der Waals surface area contributed by atoms with Gasteiger partial charge in [-0.1, -0.05) is 25.1 Å². The van der Waals surface area contributed by atoms with Crippen molar-refractivity contribution in [3.8, 4) is 17.2 Å². The lowest BCUT2D eigenvalue weighted by Gasteiger charge is -2.11. The van der Waals surface area contributed by atoms with Gasteiger partial charge in [0.05, 0.1) is 6.61 Å². The molecule has 21 heavy (non-hydrogen) atoms. The van der Waals surface area contributed by atoms with Gasteiger partial charge in [0.15, 0.2) is 0 Å². The second kappa shape index (κ2) is 8.58. The summed E-state index contributed by atoms with van der Waals surface area (Å²) in [6.45, 7) is 2.92. The van der Waals surface area contributed by atoms with Crippen LogP contribution in [-0.4, -0.2) is 12.5 Å². The fraction of sp³-hybridized carbons (Fsp3) is 0.333. The molecule has 2 aromatic carbocycles. The first-order chi connectivity index (χ1) is 10.3. The number of hydrogen-bond acceptors (Lipinski definition) is 2. The second-order valence-electron chi connectivity index (χ2n) is 5.11. The summed E-state index contributed by atoms with van der Waals surface area (Å²) in [6, 6.07) is 17.5. The normalized spacial score (nSPS) is 11.9. The van der Waals surface area contributed by atoms with Gasteiger partial charge in [0, 0.05) is 5.88 Å². The molecule has 0 N–H and O–H groups in total. The summed E-state index contributed by atoms with van der Waals surface area (Å²) >= 11 is 5.72. The van der Waals surface area contributed by atoms with Crippen LogP contribution in [0.2, 0.25) is 0 Å². The molecule has 1 unspecified atom stereocenters. The first-order valence-electron chi connectivity index (χ1n) is 7.29. The molecule has 0 aliphatic carbocycles. The van der Waals surface area contributed by atoms with E-state index in [1.807, 2.05) is 54.6 Å². The number of ether oxygens (including phenoxy) is 2. The van der Waals surface area contributed by atoms with Gasteiger partial charge < -0.3 is 9.47 Å². The average molecular weight is 305 g/mol. The van der Waals surface area contributed by atoms with Crippen molar-refractivity contribution in [1.82, 2.24) is 0 Å². The van der Waals surface area contributed by atoms with Crippen molar-refractivity contribution in [3.05, 3.63) is 54.6 Å². The average Bonchev–Trinajstić information content (AvgIpc) is 2.50. The zero-order chi connectivity index (χ0) is 14.9. The molecule has 3 heteroatoms. The maximum absolute atomic E-state index is 5.74. The van der Waals surface area contributed by atoms with E-state index in [0.29, 0.717) is 11.8 Å². The van der Waals surface area contributed by atoms with Gasteiger partial charge in [0.25, 0.3) is 0 Å². The van der Waals surface area contributed by atoms with E-state index < -0.39 is 0 Å². The Kier molecular flexibility index (Phi) is 6.42. The fourth-order valence-corrected chi connectivity index (χ4v) is 2.31. The van der Waals surface area contributed by atoms with Crippen LogP contribution in [0, 0.1) is 5.92 Å². The number of hydrogen-bond donors (Lipinski definition) is 0. The van der Waals surface area contributed by atoms with Gasteiger partial charge in [-0.3, -0.25) is 0 Å². The third-order valence-electron chi connectivity index (χ3n) is 3.28. The highest BCUT2D eigenvalue weighted by Crippen LogP contribution is 2.23. The van der Waals surface area contributed by atoms with Crippen LogP contribution in [-0.2, 0) is 0 Å². The lowest BCUT2D eigenvalue weighted by atomic mass is 10.1. The van der Waals surface area contributed by atoms with Gasteiger partial charge >= 0.3 is 0 Å². The van der Waals surface area contributed by atoms with Crippen LogP contribution in [0.15, 0.2) is 54.6 Å². The number of alkyl halides is 1. The Morgan fingerprint density at radius 1 is 0.857 bits per heavy atom. The van der Waals surface area contributed by atoms with E-state index in [-0.39, 0.29) is 0 Å². The van der Waals surface area contributed by atoms with Gasteiger partial charge in [0.1, 0.15) is 17.2 Å². The first-order valence-corrected chi connectivity index (χ1v) is 7.83. The van der Waals surface area contributed by atoms with E-state index in [0.717, 1.165) is 36.7 Å². The minimum atomic E-state index is 0.600.